The Morgan fingerprint density at radius 2 is 2.11 bits per heavy atom. The zero-order valence-electron chi connectivity index (χ0n) is 10.8. The van der Waals surface area contributed by atoms with Crippen LogP contribution in [-0.4, -0.2) is 37.7 Å². The Balaban J connectivity index is 2.31. The maximum absolute atomic E-state index is 11.9. The fourth-order valence-corrected chi connectivity index (χ4v) is 2.11. The Kier molecular flexibility index (Phi) is 3.59. The highest BCUT2D eigenvalue weighted by Crippen LogP contribution is 2.35. The summed E-state index contributed by atoms with van der Waals surface area (Å²) in [7, 11) is 3.03. The van der Waals surface area contributed by atoms with Gasteiger partial charge in [-0.25, -0.2) is 0 Å². The molecule has 1 heterocycles. The number of hydrogen-bond acceptors (Lipinski definition) is 4. The lowest BCUT2D eigenvalue weighted by Gasteiger charge is -2.19. The monoisotopic (exact) mass is 265 g/mol. The molecule has 102 valence electrons. The van der Waals surface area contributed by atoms with E-state index in [1.54, 1.807) is 18.2 Å². The van der Waals surface area contributed by atoms with Gasteiger partial charge in [-0.3, -0.25) is 9.59 Å². The predicted molar refractivity (Wildman–Crippen MR) is 67.6 cm³/mol. The summed E-state index contributed by atoms with van der Waals surface area (Å²) in [5.41, 5.74) is 0.567. The molecule has 0 aromatic heterocycles. The maximum atomic E-state index is 11.9. The van der Waals surface area contributed by atoms with Crippen molar-refractivity contribution < 1.29 is 24.2 Å². The number of carboxylic acids is 1. The average Bonchev–Trinajstić information content (AvgIpc) is 2.80. The molecule has 0 radical (unpaired) electrons. The van der Waals surface area contributed by atoms with E-state index in [9.17, 15) is 9.59 Å². The van der Waals surface area contributed by atoms with Crippen molar-refractivity contribution in [2.24, 2.45) is 5.92 Å². The van der Waals surface area contributed by atoms with Crippen molar-refractivity contribution in [1.29, 1.82) is 0 Å². The number of carbonyl (C=O) groups is 2. The molecule has 1 N–H and O–H groups in total. The molecule has 0 unspecified atom stereocenters. The standard InChI is InChI=1S/C13H15NO5/c1-18-9-3-4-10(11(6-9)19-2)14-7-8(13(16)17)5-12(14)15/h3-4,6,8H,5,7H2,1-2H3,(H,16,17)/t8-/m0/s1. The number of aliphatic carboxylic acids is 1. The first-order chi connectivity index (χ1) is 9.06. The van der Waals surface area contributed by atoms with E-state index in [0.29, 0.717) is 17.2 Å². The Bertz CT molecular complexity index is 514. The molecule has 1 saturated heterocycles. The fraction of sp³-hybridized carbons (Fsp3) is 0.385. The van der Waals surface area contributed by atoms with Gasteiger partial charge in [0.15, 0.2) is 0 Å². The van der Waals surface area contributed by atoms with Crippen molar-refractivity contribution in [2.75, 3.05) is 25.7 Å². The first-order valence-corrected chi connectivity index (χ1v) is 5.82. The second kappa shape index (κ2) is 5.17. The molecule has 1 aliphatic heterocycles. The summed E-state index contributed by atoms with van der Waals surface area (Å²) >= 11 is 0. The molecule has 0 bridgehead atoms. The minimum atomic E-state index is -0.955. The van der Waals surface area contributed by atoms with Crippen molar-refractivity contribution in [3.63, 3.8) is 0 Å². The number of carbonyl (C=O) groups excluding carboxylic acids is 1. The normalized spacial score (nSPS) is 18.5. The van der Waals surface area contributed by atoms with Gasteiger partial charge in [0.2, 0.25) is 5.91 Å². The molecule has 6 nitrogen and oxygen atoms in total. The van der Waals surface area contributed by atoms with Gasteiger partial charge in [-0.15, -0.1) is 0 Å². The fourth-order valence-electron chi connectivity index (χ4n) is 2.11. The lowest BCUT2D eigenvalue weighted by molar-refractivity contribution is -0.141. The molecular weight excluding hydrogens is 250 g/mol. The molecule has 1 aromatic rings. The number of benzene rings is 1. The molecule has 1 aromatic carbocycles. The van der Waals surface area contributed by atoms with E-state index in [-0.39, 0.29) is 18.9 Å². The van der Waals surface area contributed by atoms with Crippen LogP contribution < -0.4 is 14.4 Å². The van der Waals surface area contributed by atoms with Crippen LogP contribution in [0.2, 0.25) is 0 Å². The zero-order chi connectivity index (χ0) is 14.0. The minimum Gasteiger partial charge on any atom is -0.497 e. The van der Waals surface area contributed by atoms with Gasteiger partial charge in [0.05, 0.1) is 25.8 Å². The number of methoxy groups -OCH3 is 2. The third-order valence-electron chi connectivity index (χ3n) is 3.15. The zero-order valence-corrected chi connectivity index (χ0v) is 10.8. The summed E-state index contributed by atoms with van der Waals surface area (Å²) in [6, 6.07) is 5.07. The number of nitrogens with zero attached hydrogens (tertiary/aromatic N) is 1. The van der Waals surface area contributed by atoms with Crippen LogP contribution in [-0.2, 0) is 9.59 Å². The second-order valence-electron chi connectivity index (χ2n) is 4.28. The van der Waals surface area contributed by atoms with Crippen molar-refractivity contribution >= 4 is 17.6 Å². The van der Waals surface area contributed by atoms with Gasteiger partial charge < -0.3 is 19.5 Å². The van der Waals surface area contributed by atoms with E-state index in [0.717, 1.165) is 0 Å². The van der Waals surface area contributed by atoms with E-state index >= 15 is 0 Å². The van der Waals surface area contributed by atoms with Gasteiger partial charge in [-0.2, -0.15) is 0 Å². The highest BCUT2D eigenvalue weighted by molar-refractivity contribution is 6.00. The molecule has 0 aliphatic carbocycles. The van der Waals surface area contributed by atoms with Crippen LogP contribution in [0.15, 0.2) is 18.2 Å². The third kappa shape index (κ3) is 2.47. The summed E-state index contributed by atoms with van der Waals surface area (Å²) in [5, 5.41) is 8.97. The molecule has 0 spiro atoms. The number of amides is 1. The van der Waals surface area contributed by atoms with Crippen molar-refractivity contribution in [1.82, 2.24) is 0 Å². The summed E-state index contributed by atoms with van der Waals surface area (Å²) in [4.78, 5) is 24.3. The lowest BCUT2D eigenvalue weighted by Crippen LogP contribution is -2.26. The van der Waals surface area contributed by atoms with E-state index in [2.05, 4.69) is 0 Å². The Labute approximate surface area is 110 Å². The van der Waals surface area contributed by atoms with Gasteiger partial charge in [0, 0.05) is 19.0 Å². The molecule has 19 heavy (non-hydrogen) atoms. The number of anilines is 1. The van der Waals surface area contributed by atoms with Crippen LogP contribution in [0.5, 0.6) is 11.5 Å². The Hall–Kier alpha value is -2.24. The molecule has 1 aliphatic rings. The number of ether oxygens (including phenoxy) is 2. The molecule has 1 fully saturated rings. The third-order valence-corrected chi connectivity index (χ3v) is 3.15. The smallest absolute Gasteiger partial charge is 0.308 e. The Morgan fingerprint density at radius 3 is 2.63 bits per heavy atom. The molecule has 0 saturated carbocycles. The van der Waals surface area contributed by atoms with Gasteiger partial charge in [0.1, 0.15) is 11.5 Å². The first-order valence-electron chi connectivity index (χ1n) is 5.82. The van der Waals surface area contributed by atoms with Crippen LogP contribution >= 0.6 is 0 Å². The van der Waals surface area contributed by atoms with E-state index in [1.165, 1.54) is 19.1 Å². The lowest BCUT2D eigenvalue weighted by atomic mass is 10.1. The summed E-state index contributed by atoms with van der Waals surface area (Å²) < 4.78 is 10.3. The van der Waals surface area contributed by atoms with Crippen LogP contribution in [0.1, 0.15) is 6.42 Å². The maximum Gasteiger partial charge on any atom is 0.308 e. The topological polar surface area (TPSA) is 76.1 Å². The molecule has 1 atom stereocenters. The van der Waals surface area contributed by atoms with Crippen LogP contribution in [0.25, 0.3) is 0 Å². The quantitative estimate of drug-likeness (QED) is 0.883. The molecule has 6 heteroatoms. The van der Waals surface area contributed by atoms with Gasteiger partial charge in [0.25, 0.3) is 0 Å². The first kappa shape index (κ1) is 13.2. The summed E-state index contributed by atoms with van der Waals surface area (Å²) in [5.74, 6) is -0.737. The van der Waals surface area contributed by atoms with Gasteiger partial charge >= 0.3 is 5.97 Å². The van der Waals surface area contributed by atoms with Crippen LogP contribution in [0, 0.1) is 5.92 Å². The van der Waals surface area contributed by atoms with Crippen LogP contribution in [0.4, 0.5) is 5.69 Å². The van der Waals surface area contributed by atoms with E-state index in [4.69, 9.17) is 14.6 Å². The van der Waals surface area contributed by atoms with E-state index in [1.807, 2.05) is 0 Å². The largest absolute Gasteiger partial charge is 0.497 e. The van der Waals surface area contributed by atoms with Crippen molar-refractivity contribution in [3.05, 3.63) is 18.2 Å². The highest BCUT2D eigenvalue weighted by atomic mass is 16.5. The average molecular weight is 265 g/mol. The molecular formula is C13H15NO5. The second-order valence-corrected chi connectivity index (χ2v) is 4.28. The molecule has 2 rings (SSSR count). The molecule has 1 amide bonds. The predicted octanol–water partition coefficient (Wildman–Crippen LogP) is 1.14. The summed E-state index contributed by atoms with van der Waals surface area (Å²) in [6.45, 7) is 0.164. The van der Waals surface area contributed by atoms with Crippen molar-refractivity contribution in [2.45, 2.75) is 6.42 Å². The Morgan fingerprint density at radius 1 is 1.37 bits per heavy atom. The number of carboxylic acid groups (broad SMARTS) is 1. The van der Waals surface area contributed by atoms with Gasteiger partial charge in [-0.05, 0) is 12.1 Å². The van der Waals surface area contributed by atoms with Gasteiger partial charge in [-0.1, -0.05) is 0 Å². The minimum absolute atomic E-state index is 0.0184. The number of hydrogen-bond donors (Lipinski definition) is 1. The van der Waals surface area contributed by atoms with E-state index < -0.39 is 11.9 Å². The SMILES string of the molecule is COc1ccc(N2C[C@@H](C(=O)O)CC2=O)c(OC)c1. The summed E-state index contributed by atoms with van der Waals surface area (Å²) in [6.07, 6.45) is 0.0184. The van der Waals surface area contributed by atoms with Crippen molar-refractivity contribution in [3.8, 4) is 11.5 Å². The highest BCUT2D eigenvalue weighted by Gasteiger charge is 2.36. The van der Waals surface area contributed by atoms with Crippen LogP contribution in [0.3, 0.4) is 0 Å². The number of rotatable bonds is 4.